The van der Waals surface area contributed by atoms with Gasteiger partial charge in [0.25, 0.3) is 5.91 Å². The predicted octanol–water partition coefficient (Wildman–Crippen LogP) is 3.75. The topological polar surface area (TPSA) is 60.3 Å². The molecule has 0 radical (unpaired) electrons. The van der Waals surface area contributed by atoms with E-state index in [0.29, 0.717) is 23.0 Å². The average molecular weight is 363 g/mol. The summed E-state index contributed by atoms with van der Waals surface area (Å²) in [6.45, 7) is 2.40. The van der Waals surface area contributed by atoms with Gasteiger partial charge in [0.15, 0.2) is 6.61 Å². The largest absolute Gasteiger partial charge is 0.482 e. The summed E-state index contributed by atoms with van der Waals surface area (Å²) in [5.74, 6) is 0.166. The molecule has 0 saturated heterocycles. The molecule has 0 atom stereocenters. The van der Waals surface area contributed by atoms with E-state index in [9.17, 15) is 9.59 Å². The van der Waals surface area contributed by atoms with Crippen LogP contribution in [-0.4, -0.2) is 17.1 Å². The molecule has 0 saturated carbocycles. The second-order valence-electron chi connectivity index (χ2n) is 5.06. The van der Waals surface area contributed by atoms with Crippen LogP contribution in [0.4, 0.5) is 5.69 Å². The van der Waals surface area contributed by atoms with Crippen molar-refractivity contribution in [2.75, 3.05) is 11.9 Å². The van der Waals surface area contributed by atoms with Crippen molar-refractivity contribution in [3.8, 4) is 5.75 Å². The minimum atomic E-state index is -0.295. The second-order valence-corrected chi connectivity index (χ2v) is 6.46. The molecule has 1 amide bonds. The van der Waals surface area contributed by atoms with Gasteiger partial charge in [0.05, 0.1) is 15.2 Å². The monoisotopic (exact) mass is 362 g/mol. The molecule has 1 heterocycles. The molecular formula is C17H15ClN2O3S. The number of rotatable bonds is 5. The van der Waals surface area contributed by atoms with E-state index in [0.717, 1.165) is 21.6 Å². The number of fused-ring (bicyclic) bond motifs is 1. The van der Waals surface area contributed by atoms with Gasteiger partial charge < -0.3 is 10.1 Å². The van der Waals surface area contributed by atoms with Crippen LogP contribution in [0.25, 0.3) is 10.2 Å². The van der Waals surface area contributed by atoms with E-state index in [1.165, 1.54) is 0 Å². The third-order valence-electron chi connectivity index (χ3n) is 3.46. The van der Waals surface area contributed by atoms with Gasteiger partial charge in [-0.25, -0.2) is 0 Å². The molecule has 24 heavy (non-hydrogen) atoms. The Hall–Kier alpha value is -2.31. The van der Waals surface area contributed by atoms with Crippen LogP contribution in [0.1, 0.15) is 6.92 Å². The van der Waals surface area contributed by atoms with Crippen LogP contribution in [0.15, 0.2) is 47.3 Å². The number of aryl methyl sites for hydroxylation is 1. The molecule has 1 N–H and O–H groups in total. The standard InChI is InChI=1S/C17H15ClN2O3S/c1-2-20-13-8-7-11(9-15(13)24-17(20)22)19-16(21)10-23-14-6-4-3-5-12(14)18/h3-9H,2,10H2,1H3,(H,19,21). The Kier molecular flexibility index (Phi) is 4.87. The first-order chi connectivity index (χ1) is 11.6. The molecule has 0 aliphatic heterocycles. The number of nitrogens with zero attached hydrogens (tertiary/aromatic N) is 1. The molecule has 124 valence electrons. The lowest BCUT2D eigenvalue weighted by molar-refractivity contribution is -0.118. The number of hydrogen-bond donors (Lipinski definition) is 1. The van der Waals surface area contributed by atoms with Crippen molar-refractivity contribution < 1.29 is 9.53 Å². The Morgan fingerprint density at radius 3 is 2.83 bits per heavy atom. The van der Waals surface area contributed by atoms with Crippen LogP contribution in [0.3, 0.4) is 0 Å². The van der Waals surface area contributed by atoms with Crippen molar-refractivity contribution in [3.05, 3.63) is 57.2 Å². The van der Waals surface area contributed by atoms with E-state index in [2.05, 4.69) is 5.32 Å². The summed E-state index contributed by atoms with van der Waals surface area (Å²) < 4.78 is 7.94. The Balaban J connectivity index is 1.69. The third-order valence-corrected chi connectivity index (χ3v) is 4.72. The number of aromatic nitrogens is 1. The summed E-state index contributed by atoms with van der Waals surface area (Å²) in [6.07, 6.45) is 0. The Morgan fingerprint density at radius 1 is 1.29 bits per heavy atom. The fourth-order valence-corrected chi connectivity index (χ4v) is 3.53. The van der Waals surface area contributed by atoms with Gasteiger partial charge in [0.1, 0.15) is 5.75 Å². The van der Waals surface area contributed by atoms with Crippen LogP contribution >= 0.6 is 22.9 Å². The van der Waals surface area contributed by atoms with Gasteiger partial charge in [-0.3, -0.25) is 14.2 Å². The van der Waals surface area contributed by atoms with Gasteiger partial charge in [0, 0.05) is 12.2 Å². The number of nitrogens with one attached hydrogen (secondary N) is 1. The van der Waals surface area contributed by atoms with Crippen LogP contribution in [0.2, 0.25) is 5.02 Å². The van der Waals surface area contributed by atoms with Gasteiger partial charge in [-0.1, -0.05) is 35.1 Å². The molecule has 3 rings (SSSR count). The molecule has 5 nitrogen and oxygen atoms in total. The molecule has 0 aliphatic rings. The lowest BCUT2D eigenvalue weighted by atomic mass is 10.3. The molecule has 0 bridgehead atoms. The maximum atomic E-state index is 12.0. The molecule has 0 unspecified atom stereocenters. The molecule has 0 aliphatic carbocycles. The number of carbonyl (C=O) groups is 1. The summed E-state index contributed by atoms with van der Waals surface area (Å²) in [5, 5.41) is 3.21. The zero-order valence-corrected chi connectivity index (χ0v) is 14.5. The van der Waals surface area contributed by atoms with Crippen LogP contribution < -0.4 is 14.9 Å². The summed E-state index contributed by atoms with van der Waals surface area (Å²) in [7, 11) is 0. The first-order valence-corrected chi connectivity index (χ1v) is 8.58. The number of anilines is 1. The molecule has 2 aromatic carbocycles. The van der Waals surface area contributed by atoms with Gasteiger partial charge in [-0.15, -0.1) is 0 Å². The Morgan fingerprint density at radius 2 is 2.08 bits per heavy atom. The highest BCUT2D eigenvalue weighted by atomic mass is 35.5. The molecule has 0 spiro atoms. The van der Waals surface area contributed by atoms with Crippen LogP contribution in [0.5, 0.6) is 5.75 Å². The predicted molar refractivity (Wildman–Crippen MR) is 97.3 cm³/mol. The fourth-order valence-electron chi connectivity index (χ4n) is 2.35. The summed E-state index contributed by atoms with van der Waals surface area (Å²) in [4.78, 5) is 23.9. The van der Waals surface area contributed by atoms with E-state index in [1.807, 2.05) is 13.0 Å². The number of hydrogen-bond acceptors (Lipinski definition) is 4. The van der Waals surface area contributed by atoms with E-state index in [1.54, 1.807) is 41.0 Å². The van der Waals surface area contributed by atoms with Crippen molar-refractivity contribution in [2.24, 2.45) is 0 Å². The lowest BCUT2D eigenvalue weighted by Gasteiger charge is -2.09. The molecular weight excluding hydrogens is 348 g/mol. The maximum absolute atomic E-state index is 12.0. The minimum absolute atomic E-state index is 0.00182. The summed E-state index contributed by atoms with van der Waals surface area (Å²) >= 11 is 7.14. The highest BCUT2D eigenvalue weighted by Gasteiger charge is 2.09. The zero-order chi connectivity index (χ0) is 17.1. The molecule has 1 aromatic heterocycles. The van der Waals surface area contributed by atoms with Crippen molar-refractivity contribution in [3.63, 3.8) is 0 Å². The number of halogens is 1. The second kappa shape index (κ2) is 7.07. The van der Waals surface area contributed by atoms with Gasteiger partial charge in [-0.05, 0) is 37.3 Å². The highest BCUT2D eigenvalue weighted by molar-refractivity contribution is 7.16. The normalized spacial score (nSPS) is 10.8. The Bertz CT molecular complexity index is 948. The number of ether oxygens (including phenoxy) is 1. The maximum Gasteiger partial charge on any atom is 0.308 e. The van der Waals surface area contributed by atoms with Crippen molar-refractivity contribution in [1.82, 2.24) is 4.57 Å². The lowest BCUT2D eigenvalue weighted by Crippen LogP contribution is -2.20. The smallest absolute Gasteiger partial charge is 0.308 e. The zero-order valence-electron chi connectivity index (χ0n) is 12.9. The summed E-state index contributed by atoms with van der Waals surface area (Å²) in [6, 6.07) is 12.4. The van der Waals surface area contributed by atoms with Gasteiger partial charge in [0.2, 0.25) is 0 Å². The van der Waals surface area contributed by atoms with E-state index in [-0.39, 0.29) is 17.4 Å². The van der Waals surface area contributed by atoms with Crippen molar-refractivity contribution >= 4 is 44.7 Å². The molecule has 0 fully saturated rings. The van der Waals surface area contributed by atoms with E-state index >= 15 is 0 Å². The first kappa shape index (κ1) is 16.5. The van der Waals surface area contributed by atoms with Gasteiger partial charge >= 0.3 is 4.87 Å². The SMILES string of the molecule is CCn1c(=O)sc2cc(NC(=O)COc3ccccc3Cl)ccc21. The number of amides is 1. The fraction of sp³-hybridized carbons (Fsp3) is 0.176. The quantitative estimate of drug-likeness (QED) is 0.751. The van der Waals surface area contributed by atoms with Crippen molar-refractivity contribution in [1.29, 1.82) is 0 Å². The number of thiazole rings is 1. The minimum Gasteiger partial charge on any atom is -0.482 e. The van der Waals surface area contributed by atoms with E-state index in [4.69, 9.17) is 16.3 Å². The highest BCUT2D eigenvalue weighted by Crippen LogP contribution is 2.24. The number of carbonyl (C=O) groups excluding carboxylic acids is 1. The van der Waals surface area contributed by atoms with Crippen LogP contribution in [0, 0.1) is 0 Å². The first-order valence-electron chi connectivity index (χ1n) is 7.39. The van der Waals surface area contributed by atoms with Crippen molar-refractivity contribution in [2.45, 2.75) is 13.5 Å². The third kappa shape index (κ3) is 3.44. The van der Waals surface area contributed by atoms with Gasteiger partial charge in [-0.2, -0.15) is 0 Å². The van der Waals surface area contributed by atoms with Crippen LogP contribution in [-0.2, 0) is 11.3 Å². The Labute approximate surface area is 147 Å². The molecule has 7 heteroatoms. The average Bonchev–Trinajstić information content (AvgIpc) is 2.88. The number of para-hydroxylation sites is 1. The van der Waals surface area contributed by atoms with E-state index < -0.39 is 0 Å². The number of benzene rings is 2. The molecule has 3 aromatic rings. The summed E-state index contributed by atoms with van der Waals surface area (Å²) in [5.41, 5.74) is 1.50.